The number of aryl methyl sites for hydroxylation is 1. The van der Waals surface area contributed by atoms with Gasteiger partial charge in [-0.25, -0.2) is 4.98 Å². The molecule has 26 heavy (non-hydrogen) atoms. The predicted molar refractivity (Wildman–Crippen MR) is 106 cm³/mol. The SMILES string of the molecule is CN(C(=O)c1ccnc(Cl)c1)[C@H]1CCCN(CCCc2ccccc2)C1. The van der Waals surface area contributed by atoms with Gasteiger partial charge in [0.1, 0.15) is 5.15 Å². The molecule has 1 aromatic heterocycles. The Morgan fingerprint density at radius 2 is 2.12 bits per heavy atom. The Bertz CT molecular complexity index is 722. The third-order valence-electron chi connectivity index (χ3n) is 5.10. The van der Waals surface area contributed by atoms with Crippen molar-refractivity contribution in [2.24, 2.45) is 0 Å². The van der Waals surface area contributed by atoms with Crippen LogP contribution in [-0.4, -0.2) is 53.4 Å². The number of likely N-dealkylation sites (tertiary alicyclic amines) is 1. The van der Waals surface area contributed by atoms with Crippen LogP contribution >= 0.6 is 11.6 Å². The van der Waals surface area contributed by atoms with Gasteiger partial charge in [0.25, 0.3) is 5.91 Å². The molecule has 4 nitrogen and oxygen atoms in total. The van der Waals surface area contributed by atoms with Gasteiger partial charge in [0.15, 0.2) is 0 Å². The summed E-state index contributed by atoms with van der Waals surface area (Å²) in [7, 11) is 1.90. The summed E-state index contributed by atoms with van der Waals surface area (Å²) in [6, 6.07) is 14.2. The normalized spacial score (nSPS) is 17.8. The summed E-state index contributed by atoms with van der Waals surface area (Å²) < 4.78 is 0. The minimum absolute atomic E-state index is 0.0189. The molecule has 1 aliphatic rings. The van der Waals surface area contributed by atoms with Crippen LogP contribution in [0.15, 0.2) is 48.7 Å². The lowest BCUT2D eigenvalue weighted by Gasteiger charge is -2.37. The van der Waals surface area contributed by atoms with Crippen LogP contribution in [0.3, 0.4) is 0 Å². The highest BCUT2D eigenvalue weighted by atomic mass is 35.5. The zero-order valence-electron chi connectivity index (χ0n) is 15.3. The lowest BCUT2D eigenvalue weighted by atomic mass is 10.0. The van der Waals surface area contributed by atoms with Crippen molar-refractivity contribution in [1.29, 1.82) is 0 Å². The maximum Gasteiger partial charge on any atom is 0.254 e. The molecule has 1 aromatic carbocycles. The number of aromatic nitrogens is 1. The Balaban J connectivity index is 1.51. The first-order valence-corrected chi connectivity index (χ1v) is 9.66. The molecule has 0 aliphatic carbocycles. The van der Waals surface area contributed by atoms with Gasteiger partial charge in [-0.2, -0.15) is 0 Å². The van der Waals surface area contributed by atoms with Crippen molar-refractivity contribution in [3.63, 3.8) is 0 Å². The number of pyridine rings is 1. The van der Waals surface area contributed by atoms with Gasteiger partial charge >= 0.3 is 0 Å². The summed E-state index contributed by atoms with van der Waals surface area (Å²) in [5, 5.41) is 0.357. The number of likely N-dealkylation sites (N-methyl/N-ethyl adjacent to an activating group) is 1. The third-order valence-corrected chi connectivity index (χ3v) is 5.31. The fourth-order valence-corrected chi connectivity index (χ4v) is 3.78. The Labute approximate surface area is 160 Å². The molecule has 1 atom stereocenters. The van der Waals surface area contributed by atoms with E-state index >= 15 is 0 Å². The van der Waals surface area contributed by atoms with E-state index in [0.29, 0.717) is 10.7 Å². The molecule has 0 saturated carbocycles. The minimum Gasteiger partial charge on any atom is -0.337 e. The van der Waals surface area contributed by atoms with E-state index in [1.807, 2.05) is 11.9 Å². The van der Waals surface area contributed by atoms with E-state index in [-0.39, 0.29) is 11.9 Å². The van der Waals surface area contributed by atoms with Crippen LogP contribution in [0.1, 0.15) is 35.2 Å². The number of benzene rings is 1. The van der Waals surface area contributed by atoms with Crippen molar-refractivity contribution in [1.82, 2.24) is 14.8 Å². The van der Waals surface area contributed by atoms with Crippen molar-refractivity contribution < 1.29 is 4.79 Å². The van der Waals surface area contributed by atoms with Gasteiger partial charge in [-0.3, -0.25) is 4.79 Å². The van der Waals surface area contributed by atoms with E-state index in [0.717, 1.165) is 45.3 Å². The summed E-state index contributed by atoms with van der Waals surface area (Å²) in [6.45, 7) is 3.14. The Morgan fingerprint density at radius 3 is 2.88 bits per heavy atom. The van der Waals surface area contributed by atoms with Gasteiger partial charge in [-0.05, 0) is 56.5 Å². The number of halogens is 1. The van der Waals surface area contributed by atoms with Crippen LogP contribution in [-0.2, 0) is 6.42 Å². The number of hydrogen-bond donors (Lipinski definition) is 0. The number of carbonyl (C=O) groups excluding carboxylic acids is 1. The Kier molecular flexibility index (Phi) is 6.64. The van der Waals surface area contributed by atoms with Gasteiger partial charge in [-0.1, -0.05) is 41.9 Å². The predicted octanol–water partition coefficient (Wildman–Crippen LogP) is 3.90. The Morgan fingerprint density at radius 1 is 1.31 bits per heavy atom. The van der Waals surface area contributed by atoms with E-state index in [2.05, 4.69) is 40.2 Å². The van der Waals surface area contributed by atoms with Crippen LogP contribution in [0.25, 0.3) is 0 Å². The van der Waals surface area contributed by atoms with Crippen molar-refractivity contribution in [2.45, 2.75) is 31.7 Å². The highest BCUT2D eigenvalue weighted by molar-refractivity contribution is 6.29. The zero-order valence-corrected chi connectivity index (χ0v) is 16.0. The molecule has 0 bridgehead atoms. The lowest BCUT2D eigenvalue weighted by molar-refractivity contribution is 0.0617. The highest BCUT2D eigenvalue weighted by Crippen LogP contribution is 2.18. The lowest BCUT2D eigenvalue weighted by Crippen LogP contribution is -2.48. The number of amides is 1. The summed E-state index contributed by atoms with van der Waals surface area (Å²) in [5.74, 6) is 0.0189. The van der Waals surface area contributed by atoms with Crippen molar-refractivity contribution >= 4 is 17.5 Å². The molecule has 0 unspecified atom stereocenters. The second-order valence-corrected chi connectivity index (χ2v) is 7.36. The van der Waals surface area contributed by atoms with E-state index in [1.165, 1.54) is 5.56 Å². The van der Waals surface area contributed by atoms with Gasteiger partial charge in [0, 0.05) is 31.4 Å². The van der Waals surface area contributed by atoms with Gasteiger partial charge in [-0.15, -0.1) is 0 Å². The molecule has 0 spiro atoms. The number of hydrogen-bond acceptors (Lipinski definition) is 3. The summed E-state index contributed by atoms with van der Waals surface area (Å²) in [5.41, 5.74) is 2.00. The molecule has 1 fully saturated rings. The van der Waals surface area contributed by atoms with Crippen LogP contribution < -0.4 is 0 Å². The summed E-state index contributed by atoms with van der Waals surface area (Å²) in [6.07, 6.45) is 6.02. The molecule has 0 N–H and O–H groups in total. The molecule has 5 heteroatoms. The second kappa shape index (κ2) is 9.15. The minimum atomic E-state index is 0.0189. The van der Waals surface area contributed by atoms with Crippen molar-refractivity contribution in [2.75, 3.05) is 26.7 Å². The second-order valence-electron chi connectivity index (χ2n) is 6.97. The molecule has 138 valence electrons. The quantitative estimate of drug-likeness (QED) is 0.722. The number of carbonyl (C=O) groups is 1. The van der Waals surface area contributed by atoms with E-state index < -0.39 is 0 Å². The molecule has 2 aromatic rings. The number of nitrogens with zero attached hydrogens (tertiary/aromatic N) is 3. The first-order chi connectivity index (χ1) is 12.6. The molecule has 2 heterocycles. The molecular weight excluding hydrogens is 346 g/mol. The van der Waals surface area contributed by atoms with Crippen LogP contribution in [0.4, 0.5) is 0 Å². The van der Waals surface area contributed by atoms with E-state index in [4.69, 9.17) is 11.6 Å². The highest BCUT2D eigenvalue weighted by Gasteiger charge is 2.26. The molecule has 3 rings (SSSR count). The first kappa shape index (κ1) is 18.9. The average Bonchev–Trinajstić information content (AvgIpc) is 2.68. The number of piperidine rings is 1. The maximum atomic E-state index is 12.7. The van der Waals surface area contributed by atoms with Crippen molar-refractivity contribution in [3.05, 3.63) is 64.9 Å². The molecule has 1 aliphatic heterocycles. The maximum absolute atomic E-state index is 12.7. The fourth-order valence-electron chi connectivity index (χ4n) is 3.61. The van der Waals surface area contributed by atoms with E-state index in [1.54, 1.807) is 18.3 Å². The van der Waals surface area contributed by atoms with E-state index in [9.17, 15) is 4.79 Å². The molecule has 1 saturated heterocycles. The van der Waals surface area contributed by atoms with Gasteiger partial charge in [0.05, 0.1) is 0 Å². The molecular formula is C21H26ClN3O. The van der Waals surface area contributed by atoms with Crippen molar-refractivity contribution in [3.8, 4) is 0 Å². The zero-order chi connectivity index (χ0) is 18.4. The monoisotopic (exact) mass is 371 g/mol. The molecule has 0 radical (unpaired) electrons. The fraction of sp³-hybridized carbons (Fsp3) is 0.429. The topological polar surface area (TPSA) is 36.4 Å². The molecule has 1 amide bonds. The van der Waals surface area contributed by atoms with Crippen LogP contribution in [0, 0.1) is 0 Å². The summed E-state index contributed by atoms with van der Waals surface area (Å²) in [4.78, 5) is 21.0. The third kappa shape index (κ3) is 5.05. The van der Waals surface area contributed by atoms with Gasteiger partial charge in [0.2, 0.25) is 0 Å². The smallest absolute Gasteiger partial charge is 0.254 e. The van der Waals surface area contributed by atoms with Crippen LogP contribution in [0.5, 0.6) is 0 Å². The standard InChI is InChI=1S/C21H26ClN3O/c1-24(21(26)18-11-12-23-20(22)15-18)19-10-6-14-25(16-19)13-5-9-17-7-3-2-4-8-17/h2-4,7-8,11-12,15,19H,5-6,9-10,13-14,16H2,1H3/t19-/m0/s1. The first-order valence-electron chi connectivity index (χ1n) is 9.28. The Hall–Kier alpha value is -1.91. The largest absolute Gasteiger partial charge is 0.337 e. The van der Waals surface area contributed by atoms with Crippen LogP contribution in [0.2, 0.25) is 5.15 Å². The van der Waals surface area contributed by atoms with Gasteiger partial charge < -0.3 is 9.80 Å². The average molecular weight is 372 g/mol. The number of rotatable bonds is 6. The summed E-state index contributed by atoms with van der Waals surface area (Å²) >= 11 is 5.92.